The number of carbonyl (C=O) groups excluding carboxylic acids is 2. The highest BCUT2D eigenvalue weighted by Gasteiger charge is 2.35. The number of hydrogen-bond donors (Lipinski definition) is 0. The first-order valence-electron chi connectivity index (χ1n) is 8.21. The summed E-state index contributed by atoms with van der Waals surface area (Å²) in [7, 11) is 0. The van der Waals surface area contributed by atoms with E-state index in [0.29, 0.717) is 0 Å². The molecule has 0 aliphatic carbocycles. The van der Waals surface area contributed by atoms with Crippen molar-refractivity contribution >= 4 is 17.8 Å². The Morgan fingerprint density at radius 3 is 2.30 bits per heavy atom. The predicted octanol–water partition coefficient (Wildman–Crippen LogP) is 3.16. The Morgan fingerprint density at radius 1 is 1.11 bits per heavy atom. The van der Waals surface area contributed by atoms with Gasteiger partial charge in [-0.1, -0.05) is 30.3 Å². The maximum absolute atomic E-state index is 12.6. The molecule has 0 amide bonds. The summed E-state index contributed by atoms with van der Waals surface area (Å²) in [5.74, 6) is -3.40. The first kappa shape index (κ1) is 20.0. The predicted molar refractivity (Wildman–Crippen MR) is 95.7 cm³/mol. The average Bonchev–Trinajstić information content (AvgIpc) is 2.60. The summed E-state index contributed by atoms with van der Waals surface area (Å²) in [6, 6.07) is 11.4. The lowest BCUT2D eigenvalue weighted by molar-refractivity contribution is -0.389. The van der Waals surface area contributed by atoms with Crippen LogP contribution in [0.3, 0.4) is 0 Å². The first-order valence-corrected chi connectivity index (χ1v) is 8.21. The second-order valence-electron chi connectivity index (χ2n) is 6.77. The summed E-state index contributed by atoms with van der Waals surface area (Å²) >= 11 is 0. The molecule has 0 spiro atoms. The summed E-state index contributed by atoms with van der Waals surface area (Å²) in [6.07, 6.45) is 1.11. The van der Waals surface area contributed by atoms with Gasteiger partial charge in [0.1, 0.15) is 18.4 Å². The van der Waals surface area contributed by atoms with Gasteiger partial charge in [0.05, 0.1) is 0 Å². The van der Waals surface area contributed by atoms with Gasteiger partial charge in [-0.3, -0.25) is 9.59 Å². The lowest BCUT2D eigenvalue weighted by Gasteiger charge is -2.23. The highest BCUT2D eigenvalue weighted by Crippen LogP contribution is 2.24. The summed E-state index contributed by atoms with van der Waals surface area (Å²) in [5, 5.41) is 10.8. The standard InChI is InChI=1S/C19H20N2O6/c1-19(2,3)27-18(23)16(14-9-10-15(20-11-14)21(24)25)17(22)26-12-13-7-5-4-6-8-13/h4-11,16H,12H2,1-3H3. The number of ether oxygens (including phenoxy) is 2. The number of pyridine rings is 1. The number of esters is 2. The van der Waals surface area contributed by atoms with Gasteiger partial charge in [0, 0.05) is 11.6 Å². The molecule has 0 radical (unpaired) electrons. The van der Waals surface area contributed by atoms with Crippen molar-refractivity contribution < 1.29 is 24.0 Å². The molecular weight excluding hydrogens is 352 g/mol. The Kier molecular flexibility index (Phi) is 6.23. The zero-order chi connectivity index (χ0) is 20.0. The third-order valence-electron chi connectivity index (χ3n) is 3.39. The smallest absolute Gasteiger partial charge is 0.363 e. The molecule has 1 heterocycles. The second kappa shape index (κ2) is 8.39. The molecular formula is C19H20N2O6. The molecule has 0 fully saturated rings. The molecule has 0 aliphatic heterocycles. The lowest BCUT2D eigenvalue weighted by atomic mass is 10.0. The van der Waals surface area contributed by atoms with Crippen LogP contribution in [0.1, 0.15) is 37.8 Å². The largest absolute Gasteiger partial charge is 0.460 e. The van der Waals surface area contributed by atoms with E-state index >= 15 is 0 Å². The van der Waals surface area contributed by atoms with Crippen molar-refractivity contribution in [3.05, 3.63) is 69.9 Å². The van der Waals surface area contributed by atoms with Crippen LogP contribution in [-0.4, -0.2) is 27.4 Å². The molecule has 0 N–H and O–H groups in total. The van der Waals surface area contributed by atoms with Gasteiger partial charge < -0.3 is 19.6 Å². The molecule has 1 unspecified atom stereocenters. The van der Waals surface area contributed by atoms with E-state index in [1.165, 1.54) is 6.07 Å². The van der Waals surface area contributed by atoms with Crippen LogP contribution in [0.25, 0.3) is 0 Å². The van der Waals surface area contributed by atoms with Crippen molar-refractivity contribution in [3.63, 3.8) is 0 Å². The van der Waals surface area contributed by atoms with Gasteiger partial charge in [-0.05, 0) is 42.3 Å². The van der Waals surface area contributed by atoms with E-state index < -0.39 is 28.4 Å². The van der Waals surface area contributed by atoms with Gasteiger partial charge in [0.25, 0.3) is 0 Å². The third-order valence-corrected chi connectivity index (χ3v) is 3.39. The Labute approximate surface area is 156 Å². The monoisotopic (exact) mass is 372 g/mol. The van der Waals surface area contributed by atoms with Crippen molar-refractivity contribution in [1.29, 1.82) is 0 Å². The summed E-state index contributed by atoms with van der Waals surface area (Å²) in [5.41, 5.74) is 0.104. The van der Waals surface area contributed by atoms with Crippen LogP contribution >= 0.6 is 0 Å². The zero-order valence-electron chi connectivity index (χ0n) is 15.2. The second-order valence-corrected chi connectivity index (χ2v) is 6.77. The first-order chi connectivity index (χ1) is 12.7. The van der Waals surface area contributed by atoms with E-state index in [9.17, 15) is 19.7 Å². The van der Waals surface area contributed by atoms with Crippen LogP contribution in [-0.2, 0) is 25.7 Å². The van der Waals surface area contributed by atoms with E-state index in [2.05, 4.69) is 4.98 Å². The summed E-state index contributed by atoms with van der Waals surface area (Å²) in [6.45, 7) is 5.00. The average molecular weight is 372 g/mol. The number of carbonyl (C=O) groups is 2. The van der Waals surface area contributed by atoms with E-state index in [-0.39, 0.29) is 18.0 Å². The van der Waals surface area contributed by atoms with Crippen molar-refractivity contribution in [2.45, 2.75) is 38.9 Å². The fourth-order valence-corrected chi connectivity index (χ4v) is 2.22. The van der Waals surface area contributed by atoms with Crippen LogP contribution in [0, 0.1) is 10.1 Å². The molecule has 0 bridgehead atoms. The molecule has 2 rings (SSSR count). The molecule has 0 aliphatic rings. The quantitative estimate of drug-likeness (QED) is 0.331. The fraction of sp³-hybridized carbons (Fsp3) is 0.316. The minimum atomic E-state index is -1.39. The third kappa shape index (κ3) is 5.88. The fourth-order valence-electron chi connectivity index (χ4n) is 2.22. The van der Waals surface area contributed by atoms with Crippen LogP contribution in [0.2, 0.25) is 0 Å². The highest BCUT2D eigenvalue weighted by atomic mass is 16.6. The van der Waals surface area contributed by atoms with Gasteiger partial charge in [-0.25, -0.2) is 0 Å². The molecule has 1 atom stereocenters. The van der Waals surface area contributed by atoms with Gasteiger partial charge >= 0.3 is 17.8 Å². The molecule has 0 saturated heterocycles. The molecule has 27 heavy (non-hydrogen) atoms. The molecule has 8 heteroatoms. The lowest BCUT2D eigenvalue weighted by Crippen LogP contribution is -2.32. The molecule has 1 aromatic carbocycles. The minimum absolute atomic E-state index is 0.0145. The Bertz CT molecular complexity index is 812. The van der Waals surface area contributed by atoms with Gasteiger partial charge in [-0.15, -0.1) is 0 Å². The number of rotatable bonds is 6. The number of nitro groups is 1. The van der Waals surface area contributed by atoms with Crippen molar-refractivity contribution in [2.75, 3.05) is 0 Å². The van der Waals surface area contributed by atoms with Crippen molar-refractivity contribution in [1.82, 2.24) is 4.98 Å². The number of benzene rings is 1. The van der Waals surface area contributed by atoms with Crippen LogP contribution in [0.5, 0.6) is 0 Å². The van der Waals surface area contributed by atoms with E-state index in [1.807, 2.05) is 6.07 Å². The van der Waals surface area contributed by atoms with E-state index in [1.54, 1.807) is 45.0 Å². The van der Waals surface area contributed by atoms with Gasteiger partial charge in [-0.2, -0.15) is 0 Å². The summed E-state index contributed by atoms with van der Waals surface area (Å²) in [4.78, 5) is 38.9. The number of nitrogens with zero attached hydrogens (tertiary/aromatic N) is 2. The normalized spacial score (nSPS) is 12.1. The Morgan fingerprint density at radius 2 is 1.78 bits per heavy atom. The molecule has 1 aromatic heterocycles. The van der Waals surface area contributed by atoms with Gasteiger partial charge in [0.2, 0.25) is 0 Å². The minimum Gasteiger partial charge on any atom is -0.460 e. The van der Waals surface area contributed by atoms with Crippen LogP contribution in [0.4, 0.5) is 5.82 Å². The number of hydrogen-bond acceptors (Lipinski definition) is 7. The highest BCUT2D eigenvalue weighted by molar-refractivity contribution is 6.00. The maximum atomic E-state index is 12.6. The summed E-state index contributed by atoms with van der Waals surface area (Å²) < 4.78 is 10.6. The Balaban J connectivity index is 2.24. The SMILES string of the molecule is CC(C)(C)OC(=O)C(C(=O)OCc1ccccc1)c1ccc([N+](=O)[O-])nc1. The molecule has 142 valence electrons. The van der Waals surface area contributed by atoms with Gasteiger partial charge in [0.15, 0.2) is 5.92 Å². The maximum Gasteiger partial charge on any atom is 0.363 e. The number of aromatic nitrogens is 1. The molecule has 8 nitrogen and oxygen atoms in total. The van der Waals surface area contributed by atoms with Crippen molar-refractivity contribution in [3.8, 4) is 0 Å². The zero-order valence-corrected chi connectivity index (χ0v) is 15.2. The van der Waals surface area contributed by atoms with Crippen molar-refractivity contribution in [2.24, 2.45) is 0 Å². The molecule has 0 saturated carbocycles. The van der Waals surface area contributed by atoms with Crippen LogP contribution in [0.15, 0.2) is 48.7 Å². The van der Waals surface area contributed by atoms with E-state index in [0.717, 1.165) is 17.8 Å². The Hall–Kier alpha value is -3.29. The van der Waals surface area contributed by atoms with Crippen LogP contribution < -0.4 is 0 Å². The molecule has 2 aromatic rings. The van der Waals surface area contributed by atoms with E-state index in [4.69, 9.17) is 9.47 Å². The topological polar surface area (TPSA) is 109 Å².